The van der Waals surface area contributed by atoms with E-state index in [2.05, 4.69) is 4.90 Å². The predicted octanol–water partition coefficient (Wildman–Crippen LogP) is -0.991. The molecule has 1 fully saturated rings. The molecule has 1 saturated carbocycles. The molecule has 46 heavy (non-hydrogen) atoms. The number of carbonyl (C=O) groups is 3. The summed E-state index contributed by atoms with van der Waals surface area (Å²) < 4.78 is 63.2. The number of nitrogens with two attached hydrogens (primary N) is 1. The van der Waals surface area contributed by atoms with Gasteiger partial charge >= 0.3 is 20.8 Å². The number of phenolic OH excluding ortho intramolecular Hbond substituents is 1. The van der Waals surface area contributed by atoms with Crippen molar-refractivity contribution < 1.29 is 69.9 Å². The Kier molecular flexibility index (Phi) is 11.7. The molecule has 1 aromatic rings. The van der Waals surface area contributed by atoms with Crippen molar-refractivity contribution in [2.24, 2.45) is 17.7 Å². The maximum absolute atomic E-state index is 13.9. The van der Waals surface area contributed by atoms with E-state index in [1.807, 2.05) is 13.8 Å². The van der Waals surface area contributed by atoms with Crippen molar-refractivity contribution in [3.8, 4) is 5.75 Å². The van der Waals surface area contributed by atoms with Crippen LogP contribution >= 0.6 is 0 Å². The number of nitrogens with zero attached hydrogens (tertiary/aromatic N) is 2. The van der Waals surface area contributed by atoms with Gasteiger partial charge in [0.05, 0.1) is 11.6 Å². The van der Waals surface area contributed by atoms with Crippen LogP contribution in [0.5, 0.6) is 5.75 Å². The van der Waals surface area contributed by atoms with Crippen molar-refractivity contribution in [2.45, 2.75) is 38.3 Å². The van der Waals surface area contributed by atoms with Gasteiger partial charge in [-0.25, -0.2) is 5.84 Å². The largest absolute Gasteiger partial charge is 0.508 e. The molecule has 0 aromatic heterocycles. The number of aliphatic hydroxyl groups is 3. The number of fused-ring (bicyclic) bond motifs is 3. The van der Waals surface area contributed by atoms with Crippen molar-refractivity contribution in [3.05, 3.63) is 40.2 Å². The smallest absolute Gasteiger partial charge is 0.394 e. The van der Waals surface area contributed by atoms with Crippen molar-refractivity contribution in [1.82, 2.24) is 10.3 Å². The first kappa shape index (κ1) is 38.5. The highest BCUT2D eigenvalue weighted by Gasteiger charge is 2.64. The number of anilines is 1. The van der Waals surface area contributed by atoms with Gasteiger partial charge in [0.1, 0.15) is 22.8 Å². The number of aliphatic hydroxyl groups excluding tert-OH is 2. The Balaban J connectivity index is 0.000000642. The first-order valence-corrected chi connectivity index (χ1v) is 16.1. The Hall–Kier alpha value is -3.67. The number of hydrogen-bond donors (Lipinski definition) is 10. The molecular formula is C25H36N4O15S2. The van der Waals surface area contributed by atoms with Crippen molar-refractivity contribution >= 4 is 49.7 Å². The third kappa shape index (κ3) is 7.82. The number of Topliss-reactive ketones (excluding diaryl/α,β-unsaturated/α-hetero) is 2. The van der Waals surface area contributed by atoms with Crippen molar-refractivity contribution in [2.75, 3.05) is 32.1 Å². The fourth-order valence-electron chi connectivity index (χ4n) is 6.14. The molecule has 4 atom stereocenters. The number of hydrogen-bond acceptors (Lipinski definition) is 14. The average Bonchev–Trinajstić information content (AvgIpc) is 2.90. The van der Waals surface area contributed by atoms with Gasteiger partial charge in [-0.3, -0.25) is 42.9 Å². The molecule has 4 rings (SSSR count). The number of hydrazine groups is 1. The fraction of sp³-hybridized carbons (Fsp3) is 0.480. The number of aromatic hydroxyl groups is 1. The zero-order valence-corrected chi connectivity index (χ0v) is 26.6. The van der Waals surface area contributed by atoms with Crippen LogP contribution in [0.25, 0.3) is 5.76 Å². The number of carbonyl (C=O) groups excluding carboxylic acids is 3. The quantitative estimate of drug-likeness (QED) is 0.0580. The minimum absolute atomic E-state index is 0.0601. The minimum Gasteiger partial charge on any atom is -0.508 e. The molecule has 258 valence electrons. The minimum atomic E-state index is -4.67. The molecule has 0 saturated heterocycles. The first-order valence-electron chi connectivity index (χ1n) is 13.3. The molecule has 0 aliphatic heterocycles. The van der Waals surface area contributed by atoms with Gasteiger partial charge in [0.15, 0.2) is 11.4 Å². The summed E-state index contributed by atoms with van der Waals surface area (Å²) >= 11 is 0. The van der Waals surface area contributed by atoms with Gasteiger partial charge in [-0.05, 0) is 64.4 Å². The summed E-state index contributed by atoms with van der Waals surface area (Å²) in [5.74, 6) is -1.22. The van der Waals surface area contributed by atoms with Gasteiger partial charge in [0, 0.05) is 30.3 Å². The molecule has 0 radical (unpaired) electrons. The standard InChI is InChI=1S/C25H32N4O7.2H2O4S/c1-5-29(6-2)14-7-8-15(30)17-12(14)9-11-10-13-19(28(3)4)21(32)18(24(35)27-26)23(34)25(13,36)22(33)16(11)20(17)31;2*1-5(2,3)4/h7-8,11,13,19,30-31,34,36H,5-6,9-10,26H2,1-4H3,(H,27,35);2*(H2,1,2,3,4)/t11?,13?,19-,25?;;/m0../s1. The third-order valence-electron chi connectivity index (χ3n) is 7.80. The Bertz CT molecular complexity index is 1640. The summed E-state index contributed by atoms with van der Waals surface area (Å²) in [5, 5.41) is 44.6. The molecule has 0 bridgehead atoms. The monoisotopic (exact) mass is 696 g/mol. The maximum atomic E-state index is 13.9. The Labute approximate surface area is 263 Å². The van der Waals surface area contributed by atoms with Crippen LogP contribution in [0.4, 0.5) is 5.69 Å². The van der Waals surface area contributed by atoms with E-state index in [9.17, 15) is 34.8 Å². The maximum Gasteiger partial charge on any atom is 0.394 e. The number of phenols is 1. The van der Waals surface area contributed by atoms with Gasteiger partial charge in [-0.15, -0.1) is 0 Å². The molecule has 3 aliphatic carbocycles. The van der Waals surface area contributed by atoms with E-state index >= 15 is 0 Å². The van der Waals surface area contributed by atoms with Crippen LogP contribution in [0, 0.1) is 11.8 Å². The van der Waals surface area contributed by atoms with Crippen LogP contribution in [0.3, 0.4) is 0 Å². The predicted molar refractivity (Wildman–Crippen MR) is 159 cm³/mol. The number of likely N-dealkylation sites (N-methyl/N-ethyl adjacent to an activating group) is 1. The Morgan fingerprint density at radius 2 is 1.50 bits per heavy atom. The topological polar surface area (TPSA) is 326 Å². The lowest BCUT2D eigenvalue weighted by Gasteiger charge is -2.50. The lowest BCUT2D eigenvalue weighted by Crippen LogP contribution is -2.66. The molecule has 19 nitrogen and oxygen atoms in total. The van der Waals surface area contributed by atoms with E-state index in [0.29, 0.717) is 18.7 Å². The van der Waals surface area contributed by atoms with Crippen LogP contribution < -0.4 is 16.2 Å². The van der Waals surface area contributed by atoms with Crippen LogP contribution in [0.2, 0.25) is 0 Å². The Morgan fingerprint density at radius 1 is 1.00 bits per heavy atom. The van der Waals surface area contributed by atoms with Gasteiger partial charge in [0.25, 0.3) is 5.91 Å². The van der Waals surface area contributed by atoms with E-state index in [-0.39, 0.29) is 29.7 Å². The molecule has 0 heterocycles. The van der Waals surface area contributed by atoms with Gasteiger partial charge < -0.3 is 25.3 Å². The summed E-state index contributed by atoms with van der Waals surface area (Å²) in [4.78, 5) is 43.1. The van der Waals surface area contributed by atoms with Crippen LogP contribution in [-0.2, 0) is 41.6 Å². The van der Waals surface area contributed by atoms with E-state index in [1.54, 1.807) is 25.6 Å². The second kappa shape index (κ2) is 14.0. The van der Waals surface area contributed by atoms with Crippen LogP contribution in [0.15, 0.2) is 29.0 Å². The summed E-state index contributed by atoms with van der Waals surface area (Å²) in [7, 11) is -6.19. The van der Waals surface area contributed by atoms with E-state index in [0.717, 1.165) is 5.69 Å². The lowest BCUT2D eigenvalue weighted by atomic mass is 9.57. The second-order valence-electron chi connectivity index (χ2n) is 10.6. The second-order valence-corrected chi connectivity index (χ2v) is 12.4. The van der Waals surface area contributed by atoms with E-state index < -0.39 is 78.8 Å². The summed E-state index contributed by atoms with van der Waals surface area (Å²) in [6.07, 6.45) is 0.326. The SMILES string of the molecule is CCN(CC)c1ccc(O)c2c1CC1CC3[C@H](N(C)C)C(=O)C(C(=O)NN)=C(O)C3(O)C(=O)C1=C2O.O=S(=O)(O)O.O=S(=O)(O)O. The molecular weight excluding hydrogens is 660 g/mol. The lowest BCUT2D eigenvalue weighted by molar-refractivity contribution is -0.153. The van der Waals surface area contributed by atoms with Crippen molar-refractivity contribution in [3.63, 3.8) is 0 Å². The number of benzene rings is 1. The first-order chi connectivity index (χ1) is 20.9. The molecule has 11 N–H and O–H groups in total. The normalized spacial score (nSPS) is 24.1. The van der Waals surface area contributed by atoms with E-state index in [1.165, 1.54) is 11.0 Å². The molecule has 21 heteroatoms. The van der Waals surface area contributed by atoms with Crippen LogP contribution in [0.1, 0.15) is 31.4 Å². The highest BCUT2D eigenvalue weighted by atomic mass is 32.3. The molecule has 0 spiro atoms. The van der Waals surface area contributed by atoms with Gasteiger partial charge in [-0.1, -0.05) is 0 Å². The fourth-order valence-corrected chi connectivity index (χ4v) is 6.14. The molecule has 3 aliphatic rings. The zero-order chi connectivity index (χ0) is 35.7. The van der Waals surface area contributed by atoms with Gasteiger partial charge in [0.2, 0.25) is 5.78 Å². The number of nitrogens with one attached hydrogen (secondary N) is 1. The van der Waals surface area contributed by atoms with Crippen molar-refractivity contribution in [1.29, 1.82) is 0 Å². The zero-order valence-electron chi connectivity index (χ0n) is 24.9. The number of ketones is 2. The van der Waals surface area contributed by atoms with E-state index in [4.69, 9.17) is 40.9 Å². The average molecular weight is 697 g/mol. The molecule has 3 unspecified atom stereocenters. The van der Waals surface area contributed by atoms with Crippen LogP contribution in [-0.4, -0.2) is 117 Å². The third-order valence-corrected chi connectivity index (χ3v) is 7.80. The Morgan fingerprint density at radius 3 is 1.93 bits per heavy atom. The summed E-state index contributed by atoms with van der Waals surface area (Å²) in [6.45, 7) is 5.32. The molecule has 1 amide bonds. The summed E-state index contributed by atoms with van der Waals surface area (Å²) in [6, 6.07) is 2.09. The number of amides is 1. The highest BCUT2D eigenvalue weighted by Crippen LogP contribution is 2.53. The summed E-state index contributed by atoms with van der Waals surface area (Å²) in [5.41, 5.74) is -0.256. The number of rotatable bonds is 5. The molecule has 1 aromatic carbocycles. The highest BCUT2D eigenvalue weighted by molar-refractivity contribution is 7.80. The van der Waals surface area contributed by atoms with Gasteiger partial charge in [-0.2, -0.15) is 16.8 Å².